The smallest absolute Gasteiger partial charge is 0.195 e. The average Bonchev–Trinajstić information content (AvgIpc) is 3.28. The lowest BCUT2D eigenvalue weighted by Gasteiger charge is -2.39. The molecule has 5 rings (SSSR count). The monoisotopic (exact) mass is 442 g/mol. The molecule has 5 nitrogen and oxygen atoms in total. The van der Waals surface area contributed by atoms with Gasteiger partial charge in [-0.15, -0.1) is 0 Å². The van der Waals surface area contributed by atoms with E-state index in [1.807, 2.05) is 30.3 Å². The second-order valence-electron chi connectivity index (χ2n) is 9.49. The van der Waals surface area contributed by atoms with Crippen molar-refractivity contribution in [3.05, 3.63) is 95.1 Å². The third-order valence-corrected chi connectivity index (χ3v) is 6.36. The Kier molecular flexibility index (Phi) is 5.29. The highest BCUT2D eigenvalue weighted by Crippen LogP contribution is 2.46. The molecule has 5 heteroatoms. The van der Waals surface area contributed by atoms with Crippen molar-refractivity contribution in [3.8, 4) is 17.2 Å². The molecule has 0 spiro atoms. The number of hydrogen-bond acceptors (Lipinski definition) is 5. The Labute approximate surface area is 195 Å². The summed E-state index contributed by atoms with van der Waals surface area (Å²) in [5.41, 5.74) is 9.31. The van der Waals surface area contributed by atoms with Gasteiger partial charge in [0.05, 0.1) is 26.0 Å². The number of rotatable bonds is 4. The van der Waals surface area contributed by atoms with E-state index in [4.69, 9.17) is 14.2 Å². The Bertz CT molecular complexity index is 1190. The molecule has 0 bridgehead atoms. The molecule has 0 saturated carbocycles. The van der Waals surface area contributed by atoms with Crippen molar-refractivity contribution in [2.45, 2.75) is 38.5 Å². The van der Waals surface area contributed by atoms with Crippen LogP contribution in [-0.2, 0) is 5.41 Å². The van der Waals surface area contributed by atoms with E-state index in [2.05, 4.69) is 73.7 Å². The fourth-order valence-electron chi connectivity index (χ4n) is 4.48. The van der Waals surface area contributed by atoms with E-state index < -0.39 is 0 Å². The van der Waals surface area contributed by atoms with Crippen LogP contribution in [0.3, 0.4) is 0 Å². The van der Waals surface area contributed by atoms with Gasteiger partial charge in [-0.2, -0.15) is 5.01 Å². The number of benzene rings is 3. The second-order valence-corrected chi connectivity index (χ2v) is 9.49. The minimum absolute atomic E-state index is 0.0466. The SMILES string of the molecule is COc1ccc(C2=CC3c4ccccc4OC(c4ccc(C(C)(C)C)cc4)N3N2)cc1OC. The van der Waals surface area contributed by atoms with Crippen molar-refractivity contribution in [1.29, 1.82) is 0 Å². The Morgan fingerprint density at radius 1 is 0.879 bits per heavy atom. The van der Waals surface area contributed by atoms with Gasteiger partial charge in [-0.25, -0.2) is 0 Å². The predicted molar refractivity (Wildman–Crippen MR) is 130 cm³/mol. The van der Waals surface area contributed by atoms with Crippen molar-refractivity contribution in [2.75, 3.05) is 14.2 Å². The first kappa shape index (κ1) is 21.4. The summed E-state index contributed by atoms with van der Waals surface area (Å²) in [4.78, 5) is 0. The highest BCUT2D eigenvalue weighted by atomic mass is 16.5. The van der Waals surface area contributed by atoms with Crippen molar-refractivity contribution >= 4 is 5.70 Å². The van der Waals surface area contributed by atoms with Crippen molar-refractivity contribution in [3.63, 3.8) is 0 Å². The molecule has 3 aromatic carbocycles. The number of para-hydroxylation sites is 1. The van der Waals surface area contributed by atoms with Crippen LogP contribution < -0.4 is 19.6 Å². The van der Waals surface area contributed by atoms with Gasteiger partial charge >= 0.3 is 0 Å². The van der Waals surface area contributed by atoms with E-state index in [1.165, 1.54) is 5.56 Å². The molecule has 1 N–H and O–H groups in total. The van der Waals surface area contributed by atoms with Crippen LogP contribution in [0.4, 0.5) is 0 Å². The normalized spacial score (nSPS) is 19.6. The van der Waals surface area contributed by atoms with Crippen molar-refractivity contribution in [2.24, 2.45) is 0 Å². The van der Waals surface area contributed by atoms with Crippen LogP contribution in [0.15, 0.2) is 72.8 Å². The highest BCUT2D eigenvalue weighted by Gasteiger charge is 2.40. The lowest BCUT2D eigenvalue weighted by Crippen LogP contribution is -2.43. The van der Waals surface area contributed by atoms with E-state index >= 15 is 0 Å². The molecule has 2 aliphatic rings. The van der Waals surface area contributed by atoms with Crippen LogP contribution >= 0.6 is 0 Å². The third kappa shape index (κ3) is 3.83. The number of hydrazine groups is 1. The van der Waals surface area contributed by atoms with Gasteiger partial charge in [0.25, 0.3) is 0 Å². The van der Waals surface area contributed by atoms with E-state index in [9.17, 15) is 0 Å². The molecule has 0 amide bonds. The molecule has 3 aromatic rings. The third-order valence-electron chi connectivity index (χ3n) is 6.36. The lowest BCUT2D eigenvalue weighted by atomic mass is 9.86. The van der Waals surface area contributed by atoms with Crippen LogP contribution in [0.25, 0.3) is 5.70 Å². The summed E-state index contributed by atoms with van der Waals surface area (Å²) in [6.07, 6.45) is 1.99. The zero-order chi connectivity index (χ0) is 23.2. The largest absolute Gasteiger partial charge is 0.493 e. The molecule has 2 unspecified atom stereocenters. The quantitative estimate of drug-likeness (QED) is 0.537. The van der Waals surface area contributed by atoms with E-state index in [0.717, 1.165) is 28.1 Å². The Morgan fingerprint density at radius 3 is 2.30 bits per heavy atom. The Balaban J connectivity index is 1.53. The summed E-state index contributed by atoms with van der Waals surface area (Å²) in [6.45, 7) is 6.69. The highest BCUT2D eigenvalue weighted by molar-refractivity contribution is 5.69. The minimum atomic E-state index is -0.257. The van der Waals surface area contributed by atoms with Crippen molar-refractivity contribution in [1.82, 2.24) is 10.4 Å². The van der Waals surface area contributed by atoms with Crippen molar-refractivity contribution < 1.29 is 14.2 Å². The molecule has 0 fully saturated rings. The number of nitrogens with zero attached hydrogens (tertiary/aromatic N) is 1. The maximum atomic E-state index is 6.51. The van der Waals surface area contributed by atoms with Crippen LogP contribution in [0.2, 0.25) is 0 Å². The summed E-state index contributed by atoms with van der Waals surface area (Å²) in [5.74, 6) is 2.33. The molecule has 0 aliphatic carbocycles. The maximum Gasteiger partial charge on any atom is 0.195 e. The summed E-state index contributed by atoms with van der Waals surface area (Å²) in [7, 11) is 3.30. The molecule has 0 saturated heterocycles. The molecular weight excluding hydrogens is 412 g/mol. The fourth-order valence-corrected chi connectivity index (χ4v) is 4.48. The van der Waals surface area contributed by atoms with Gasteiger partial charge in [-0.3, -0.25) is 0 Å². The fraction of sp³-hybridized carbons (Fsp3) is 0.286. The average molecular weight is 443 g/mol. The van der Waals surface area contributed by atoms with Gasteiger partial charge in [0.15, 0.2) is 17.7 Å². The zero-order valence-electron chi connectivity index (χ0n) is 19.8. The number of hydrogen-bond donors (Lipinski definition) is 1. The van der Waals surface area contributed by atoms with Gasteiger partial charge in [-0.05, 0) is 41.3 Å². The van der Waals surface area contributed by atoms with Crippen LogP contribution in [-0.4, -0.2) is 19.2 Å². The summed E-state index contributed by atoms with van der Waals surface area (Å²) in [5, 5.41) is 2.18. The first-order valence-corrected chi connectivity index (χ1v) is 11.2. The van der Waals surface area contributed by atoms with Gasteiger partial charge < -0.3 is 19.6 Å². The molecule has 0 aromatic heterocycles. The lowest BCUT2D eigenvalue weighted by molar-refractivity contribution is -0.0326. The van der Waals surface area contributed by atoms with Crippen LogP contribution in [0, 0.1) is 0 Å². The standard InChI is InChI=1S/C28H30N2O3/c1-28(2,3)20-13-10-18(11-14-20)27-30-23(21-8-6-7-9-24(21)33-27)17-22(29-30)19-12-15-25(31-4)26(16-19)32-5/h6-17,23,27,29H,1-5H3. The summed E-state index contributed by atoms with van der Waals surface area (Å²) in [6, 6.07) is 23.0. The molecule has 2 aliphatic heterocycles. The maximum absolute atomic E-state index is 6.51. The topological polar surface area (TPSA) is 43.0 Å². The molecule has 0 radical (unpaired) electrons. The van der Waals surface area contributed by atoms with Gasteiger partial charge in [0, 0.05) is 16.7 Å². The van der Waals surface area contributed by atoms with Crippen LogP contribution in [0.1, 0.15) is 55.3 Å². The number of methoxy groups -OCH3 is 2. The van der Waals surface area contributed by atoms with Gasteiger partial charge in [0.1, 0.15) is 5.75 Å². The molecule has 170 valence electrons. The summed E-state index contributed by atoms with van der Waals surface area (Å²) >= 11 is 0. The van der Waals surface area contributed by atoms with E-state index in [0.29, 0.717) is 11.5 Å². The van der Waals surface area contributed by atoms with Crippen LogP contribution in [0.5, 0.6) is 17.2 Å². The van der Waals surface area contributed by atoms with E-state index in [-0.39, 0.29) is 17.7 Å². The predicted octanol–water partition coefficient (Wildman–Crippen LogP) is 5.99. The minimum Gasteiger partial charge on any atom is -0.493 e. The summed E-state index contributed by atoms with van der Waals surface area (Å²) < 4.78 is 17.4. The van der Waals surface area contributed by atoms with Gasteiger partial charge in [-0.1, -0.05) is 63.2 Å². The molecule has 2 atom stereocenters. The zero-order valence-corrected chi connectivity index (χ0v) is 19.8. The second kappa shape index (κ2) is 8.16. The molecule has 2 heterocycles. The molecular formula is C28H30N2O3. The Morgan fingerprint density at radius 2 is 1.61 bits per heavy atom. The number of ether oxygens (including phenoxy) is 3. The number of nitrogens with one attached hydrogen (secondary N) is 1. The number of fused-ring (bicyclic) bond motifs is 3. The Hall–Kier alpha value is -3.44. The van der Waals surface area contributed by atoms with Gasteiger partial charge in [0.2, 0.25) is 0 Å². The first-order valence-electron chi connectivity index (χ1n) is 11.2. The molecule has 33 heavy (non-hydrogen) atoms. The first-order chi connectivity index (χ1) is 15.9. The van der Waals surface area contributed by atoms with E-state index in [1.54, 1.807) is 14.2 Å².